The van der Waals surface area contributed by atoms with Gasteiger partial charge >= 0.3 is 0 Å². The molecule has 0 bridgehead atoms. The molecule has 1 atom stereocenters. The molecule has 0 amide bonds. The summed E-state index contributed by atoms with van der Waals surface area (Å²) in [6.07, 6.45) is 1.71. The van der Waals surface area contributed by atoms with Crippen molar-refractivity contribution in [2.75, 3.05) is 13.1 Å². The van der Waals surface area contributed by atoms with Gasteiger partial charge in [-0.25, -0.2) is 8.42 Å². The highest BCUT2D eigenvalue weighted by molar-refractivity contribution is 9.10. The number of nitro groups is 1. The smallest absolute Gasteiger partial charge is 0.258 e. The Labute approximate surface area is 126 Å². The average Bonchev–Trinajstić information content (AvgIpc) is 2.87. The first-order valence-corrected chi connectivity index (χ1v) is 8.53. The Morgan fingerprint density at radius 1 is 1.50 bits per heavy atom. The Kier molecular flexibility index (Phi) is 4.46. The molecule has 1 saturated heterocycles. The summed E-state index contributed by atoms with van der Waals surface area (Å²) in [5, 5.41) is 11.0. The van der Waals surface area contributed by atoms with Gasteiger partial charge in [0.1, 0.15) is 0 Å². The van der Waals surface area contributed by atoms with Gasteiger partial charge in [0.15, 0.2) is 4.90 Å². The van der Waals surface area contributed by atoms with Gasteiger partial charge < -0.3 is 0 Å². The van der Waals surface area contributed by atoms with E-state index in [2.05, 4.69) is 15.9 Å². The molecule has 0 aromatic heterocycles. The zero-order chi connectivity index (χ0) is 14.9. The maximum absolute atomic E-state index is 12.6. The van der Waals surface area contributed by atoms with Crippen molar-refractivity contribution in [2.45, 2.75) is 24.7 Å². The highest BCUT2D eigenvalue weighted by atomic mass is 79.9. The molecule has 1 heterocycles. The first-order chi connectivity index (χ1) is 9.36. The topological polar surface area (TPSA) is 80.5 Å². The quantitative estimate of drug-likeness (QED) is 0.609. The number of hydrogen-bond acceptors (Lipinski definition) is 4. The highest BCUT2D eigenvalue weighted by Crippen LogP contribution is 2.32. The third-order valence-corrected chi connectivity index (χ3v) is 5.95. The fourth-order valence-electron chi connectivity index (χ4n) is 2.33. The second kappa shape index (κ2) is 5.79. The van der Waals surface area contributed by atoms with Gasteiger partial charge in [0.2, 0.25) is 10.0 Å². The van der Waals surface area contributed by atoms with Crippen molar-refractivity contribution < 1.29 is 13.3 Å². The molecule has 0 N–H and O–H groups in total. The second-order valence-electron chi connectivity index (χ2n) is 4.80. The van der Waals surface area contributed by atoms with Crippen LogP contribution >= 0.6 is 15.9 Å². The molecule has 1 unspecified atom stereocenters. The van der Waals surface area contributed by atoms with Crippen LogP contribution in [0, 0.1) is 16.0 Å². The molecule has 0 aliphatic carbocycles. The van der Waals surface area contributed by atoms with Crippen molar-refractivity contribution in [2.24, 2.45) is 5.92 Å². The van der Waals surface area contributed by atoms with Crippen LogP contribution in [-0.2, 0) is 10.0 Å². The van der Waals surface area contributed by atoms with Gasteiger partial charge in [-0.15, -0.1) is 0 Å². The maximum atomic E-state index is 12.6. The fourth-order valence-corrected chi connectivity index (χ4v) is 4.56. The summed E-state index contributed by atoms with van der Waals surface area (Å²) in [5.41, 5.74) is -0.381. The number of hydrogen-bond donors (Lipinski definition) is 0. The van der Waals surface area contributed by atoms with E-state index < -0.39 is 14.9 Å². The monoisotopic (exact) mass is 362 g/mol. The minimum Gasteiger partial charge on any atom is -0.258 e. The Balaban J connectivity index is 2.44. The summed E-state index contributed by atoms with van der Waals surface area (Å²) in [4.78, 5) is 10.1. The lowest BCUT2D eigenvalue weighted by Crippen LogP contribution is -2.29. The Morgan fingerprint density at radius 3 is 2.75 bits per heavy atom. The molecule has 0 radical (unpaired) electrons. The molecule has 8 heteroatoms. The van der Waals surface area contributed by atoms with Gasteiger partial charge in [-0.05, 0) is 24.5 Å². The number of nitrogens with zero attached hydrogens (tertiary/aromatic N) is 2. The molecule has 6 nitrogen and oxygen atoms in total. The largest absolute Gasteiger partial charge is 0.289 e. The molecule has 0 spiro atoms. The van der Waals surface area contributed by atoms with Crippen LogP contribution < -0.4 is 0 Å². The molecular formula is C12H15BrN2O4S. The lowest BCUT2D eigenvalue weighted by molar-refractivity contribution is -0.387. The molecule has 110 valence electrons. The molecule has 1 aromatic carbocycles. The van der Waals surface area contributed by atoms with Crippen LogP contribution in [0.5, 0.6) is 0 Å². The van der Waals surface area contributed by atoms with Crippen molar-refractivity contribution in [3.05, 3.63) is 32.8 Å². The third kappa shape index (κ3) is 2.87. The number of benzene rings is 1. The van der Waals surface area contributed by atoms with Crippen LogP contribution in [0.3, 0.4) is 0 Å². The van der Waals surface area contributed by atoms with Gasteiger partial charge in [0, 0.05) is 23.6 Å². The van der Waals surface area contributed by atoms with Gasteiger partial charge in [-0.1, -0.05) is 29.3 Å². The molecule has 2 rings (SSSR count). The number of sulfonamides is 1. The first-order valence-electron chi connectivity index (χ1n) is 6.30. The number of nitro benzene ring substituents is 1. The zero-order valence-corrected chi connectivity index (χ0v) is 13.4. The van der Waals surface area contributed by atoms with Crippen LogP contribution in [-0.4, -0.2) is 30.7 Å². The normalized spacial score (nSPS) is 20.2. The van der Waals surface area contributed by atoms with E-state index in [-0.39, 0.29) is 10.6 Å². The molecule has 1 aliphatic rings. The summed E-state index contributed by atoms with van der Waals surface area (Å²) in [6, 6.07) is 3.98. The lowest BCUT2D eigenvalue weighted by atomic mass is 10.1. The zero-order valence-electron chi connectivity index (χ0n) is 11.0. The summed E-state index contributed by atoms with van der Waals surface area (Å²) in [7, 11) is -3.82. The first kappa shape index (κ1) is 15.4. The maximum Gasteiger partial charge on any atom is 0.289 e. The van der Waals surface area contributed by atoms with Crippen molar-refractivity contribution in [1.82, 2.24) is 4.31 Å². The Bertz CT molecular complexity index is 632. The lowest BCUT2D eigenvalue weighted by Gasteiger charge is -2.16. The van der Waals surface area contributed by atoms with E-state index in [1.807, 2.05) is 6.92 Å². The minimum absolute atomic E-state index is 0.242. The predicted molar refractivity (Wildman–Crippen MR) is 78.0 cm³/mol. The van der Waals surface area contributed by atoms with Crippen LogP contribution in [0.25, 0.3) is 0 Å². The van der Waals surface area contributed by atoms with E-state index in [0.717, 1.165) is 12.8 Å². The summed E-state index contributed by atoms with van der Waals surface area (Å²) in [5.74, 6) is 0.330. The predicted octanol–water partition coefficient (Wildman–Crippen LogP) is 2.78. The summed E-state index contributed by atoms with van der Waals surface area (Å²) in [6.45, 7) is 2.87. The van der Waals surface area contributed by atoms with Crippen LogP contribution in [0.15, 0.2) is 27.6 Å². The average molecular weight is 363 g/mol. The SMILES string of the molecule is CCC1CCN(S(=O)(=O)c2cc(Br)ccc2[N+](=O)[O-])C1. The van der Waals surface area contributed by atoms with E-state index in [4.69, 9.17) is 0 Å². The molecule has 1 fully saturated rings. The Hall–Kier alpha value is -0.990. The minimum atomic E-state index is -3.82. The second-order valence-corrected chi connectivity index (χ2v) is 7.62. The van der Waals surface area contributed by atoms with E-state index in [9.17, 15) is 18.5 Å². The molecular weight excluding hydrogens is 348 g/mol. The summed E-state index contributed by atoms with van der Waals surface area (Å²) >= 11 is 3.17. The standard InChI is InChI=1S/C12H15BrN2O4S/c1-2-9-5-6-14(8-9)20(18,19)12-7-10(13)3-4-11(12)15(16)17/h3-4,7,9H,2,5-6,8H2,1H3. The van der Waals surface area contributed by atoms with Gasteiger partial charge in [0.25, 0.3) is 5.69 Å². The molecule has 20 heavy (non-hydrogen) atoms. The van der Waals surface area contributed by atoms with E-state index in [1.54, 1.807) is 0 Å². The molecule has 1 aromatic rings. The van der Waals surface area contributed by atoms with Crippen molar-refractivity contribution in [3.8, 4) is 0 Å². The fraction of sp³-hybridized carbons (Fsp3) is 0.500. The van der Waals surface area contributed by atoms with Gasteiger partial charge in [-0.2, -0.15) is 4.31 Å². The number of rotatable bonds is 4. The van der Waals surface area contributed by atoms with E-state index in [0.29, 0.717) is 23.5 Å². The van der Waals surface area contributed by atoms with E-state index in [1.165, 1.54) is 22.5 Å². The van der Waals surface area contributed by atoms with Gasteiger partial charge in [0.05, 0.1) is 4.92 Å². The van der Waals surface area contributed by atoms with Crippen molar-refractivity contribution in [1.29, 1.82) is 0 Å². The Morgan fingerprint density at radius 2 is 2.20 bits per heavy atom. The molecule has 1 aliphatic heterocycles. The number of halogens is 1. The van der Waals surface area contributed by atoms with Crippen LogP contribution in [0.1, 0.15) is 19.8 Å². The van der Waals surface area contributed by atoms with Crippen molar-refractivity contribution >= 4 is 31.6 Å². The third-order valence-electron chi connectivity index (χ3n) is 3.56. The molecule has 0 saturated carbocycles. The van der Waals surface area contributed by atoms with Gasteiger partial charge in [-0.3, -0.25) is 10.1 Å². The summed E-state index contributed by atoms with van der Waals surface area (Å²) < 4.78 is 27.0. The van der Waals surface area contributed by atoms with Crippen LogP contribution in [0.4, 0.5) is 5.69 Å². The van der Waals surface area contributed by atoms with Crippen LogP contribution in [0.2, 0.25) is 0 Å². The van der Waals surface area contributed by atoms with E-state index >= 15 is 0 Å². The van der Waals surface area contributed by atoms with Crippen molar-refractivity contribution in [3.63, 3.8) is 0 Å². The highest BCUT2D eigenvalue weighted by Gasteiger charge is 2.36.